The Balaban J connectivity index is 1.96. The van der Waals surface area contributed by atoms with E-state index >= 15 is 0 Å². The molecular weight excluding hydrogens is 301 g/mol. The van der Waals surface area contributed by atoms with E-state index in [4.69, 9.17) is 0 Å². The van der Waals surface area contributed by atoms with Gasteiger partial charge in [-0.3, -0.25) is 9.20 Å². The van der Waals surface area contributed by atoms with Crippen molar-refractivity contribution in [2.45, 2.75) is 26.3 Å². The predicted octanol–water partition coefficient (Wildman–Crippen LogP) is 3.73. The van der Waals surface area contributed by atoms with E-state index in [-0.39, 0.29) is 17.8 Å². The Morgan fingerprint density at radius 2 is 2.32 bits per heavy atom. The summed E-state index contributed by atoms with van der Waals surface area (Å²) in [6.07, 6.45) is 2.64. The lowest BCUT2D eigenvalue weighted by atomic mass is 10.2. The summed E-state index contributed by atoms with van der Waals surface area (Å²) in [6, 6.07) is 6.40. The van der Waals surface area contributed by atoms with Crippen molar-refractivity contribution in [3.05, 3.63) is 47.4 Å². The molecule has 0 aliphatic rings. The largest absolute Gasteiger partial charge is 0.348 e. The first-order chi connectivity index (χ1) is 10.6. The molecule has 2 aromatic heterocycles. The van der Waals surface area contributed by atoms with Crippen LogP contribution in [0.2, 0.25) is 0 Å². The summed E-state index contributed by atoms with van der Waals surface area (Å²) in [5, 5.41) is 4.73. The van der Waals surface area contributed by atoms with E-state index in [1.807, 2.05) is 13.8 Å². The smallest absolute Gasteiger partial charge is 0.269 e. The second kappa shape index (κ2) is 5.88. The molecule has 0 radical (unpaired) electrons. The highest BCUT2D eigenvalue weighted by molar-refractivity contribution is 7.15. The van der Waals surface area contributed by atoms with Crippen LogP contribution in [-0.4, -0.2) is 21.3 Å². The summed E-state index contributed by atoms with van der Waals surface area (Å²) in [5.41, 5.74) is 1.91. The van der Waals surface area contributed by atoms with Crippen molar-refractivity contribution >= 4 is 22.2 Å². The van der Waals surface area contributed by atoms with Gasteiger partial charge in [-0.15, -0.1) is 11.3 Å². The van der Waals surface area contributed by atoms with E-state index in [0.717, 1.165) is 6.42 Å². The molecule has 4 nitrogen and oxygen atoms in total. The Kier molecular flexibility index (Phi) is 3.94. The summed E-state index contributed by atoms with van der Waals surface area (Å²) in [5.74, 6) is -0.424. The lowest BCUT2D eigenvalue weighted by Gasteiger charge is -2.10. The van der Waals surface area contributed by atoms with Crippen LogP contribution in [0.15, 0.2) is 35.8 Å². The summed E-state index contributed by atoms with van der Waals surface area (Å²) < 4.78 is 15.1. The highest BCUT2D eigenvalue weighted by Gasteiger charge is 2.16. The molecule has 0 aliphatic carbocycles. The van der Waals surface area contributed by atoms with Gasteiger partial charge >= 0.3 is 0 Å². The van der Waals surface area contributed by atoms with Gasteiger partial charge in [0.1, 0.15) is 11.5 Å². The lowest BCUT2D eigenvalue weighted by molar-refractivity contribution is 0.0933. The minimum absolute atomic E-state index is 0.119. The van der Waals surface area contributed by atoms with Gasteiger partial charge in [0.15, 0.2) is 4.96 Å². The molecule has 22 heavy (non-hydrogen) atoms. The third kappa shape index (κ3) is 2.74. The number of fused-ring (bicyclic) bond motifs is 1. The van der Waals surface area contributed by atoms with Crippen molar-refractivity contribution in [3.8, 4) is 11.3 Å². The number of nitrogens with zero attached hydrogens (tertiary/aromatic N) is 2. The number of carbonyl (C=O) groups excluding carboxylic acids is 1. The van der Waals surface area contributed by atoms with Crippen LogP contribution in [0.4, 0.5) is 4.39 Å². The van der Waals surface area contributed by atoms with Gasteiger partial charge in [-0.05, 0) is 25.5 Å². The molecule has 0 fully saturated rings. The molecular formula is C16H16FN3OS. The SMILES string of the molecule is CC[C@@H](C)NC(=O)c1csc2nc(-c3cccc(F)c3)cn12. The maximum Gasteiger partial charge on any atom is 0.269 e. The van der Waals surface area contributed by atoms with Gasteiger partial charge in [0.2, 0.25) is 0 Å². The van der Waals surface area contributed by atoms with Gasteiger partial charge < -0.3 is 5.32 Å². The molecule has 0 aliphatic heterocycles. The molecule has 0 unspecified atom stereocenters. The zero-order chi connectivity index (χ0) is 15.7. The first-order valence-electron chi connectivity index (χ1n) is 7.12. The number of carbonyl (C=O) groups is 1. The van der Waals surface area contributed by atoms with Crippen LogP contribution >= 0.6 is 11.3 Å². The maximum absolute atomic E-state index is 13.3. The fourth-order valence-electron chi connectivity index (χ4n) is 2.13. The van der Waals surface area contributed by atoms with E-state index in [2.05, 4.69) is 10.3 Å². The second-order valence-electron chi connectivity index (χ2n) is 5.19. The molecule has 1 atom stereocenters. The molecule has 0 saturated carbocycles. The molecule has 114 valence electrons. The van der Waals surface area contributed by atoms with E-state index < -0.39 is 0 Å². The third-order valence-corrected chi connectivity index (χ3v) is 4.39. The number of hydrogen-bond donors (Lipinski definition) is 1. The highest BCUT2D eigenvalue weighted by atomic mass is 32.1. The highest BCUT2D eigenvalue weighted by Crippen LogP contribution is 2.24. The molecule has 0 bridgehead atoms. The zero-order valence-corrected chi connectivity index (χ0v) is 13.2. The number of benzene rings is 1. The van der Waals surface area contributed by atoms with E-state index in [1.165, 1.54) is 23.5 Å². The number of hydrogen-bond acceptors (Lipinski definition) is 3. The van der Waals surface area contributed by atoms with Crippen molar-refractivity contribution in [1.82, 2.24) is 14.7 Å². The predicted molar refractivity (Wildman–Crippen MR) is 85.7 cm³/mol. The van der Waals surface area contributed by atoms with Crippen LogP contribution in [0.1, 0.15) is 30.8 Å². The fraction of sp³-hybridized carbons (Fsp3) is 0.250. The minimum Gasteiger partial charge on any atom is -0.348 e. The molecule has 1 amide bonds. The number of imidazole rings is 1. The van der Waals surface area contributed by atoms with Gasteiger partial charge in [0.05, 0.1) is 5.69 Å². The van der Waals surface area contributed by atoms with Crippen LogP contribution in [0, 0.1) is 5.82 Å². The Bertz CT molecular complexity index is 824. The number of halogens is 1. The first-order valence-corrected chi connectivity index (χ1v) is 8.00. The molecule has 2 heterocycles. The Hall–Kier alpha value is -2.21. The van der Waals surface area contributed by atoms with E-state index in [0.29, 0.717) is 21.9 Å². The van der Waals surface area contributed by atoms with Gasteiger partial charge in [-0.25, -0.2) is 9.37 Å². The molecule has 3 rings (SSSR count). The molecule has 1 aromatic carbocycles. The van der Waals surface area contributed by atoms with Crippen molar-refractivity contribution in [2.75, 3.05) is 0 Å². The number of thiazole rings is 1. The van der Waals surface area contributed by atoms with Crippen LogP contribution < -0.4 is 5.32 Å². The summed E-state index contributed by atoms with van der Waals surface area (Å²) in [6.45, 7) is 3.99. The Morgan fingerprint density at radius 3 is 3.05 bits per heavy atom. The summed E-state index contributed by atoms with van der Waals surface area (Å²) >= 11 is 1.39. The van der Waals surface area contributed by atoms with Crippen molar-refractivity contribution < 1.29 is 9.18 Å². The average molecular weight is 317 g/mol. The first kappa shape index (κ1) is 14.7. The molecule has 3 aromatic rings. The summed E-state index contributed by atoms with van der Waals surface area (Å²) in [4.78, 5) is 17.5. The van der Waals surface area contributed by atoms with Gasteiger partial charge in [0, 0.05) is 23.2 Å². The Labute approximate surface area is 131 Å². The molecule has 0 spiro atoms. The topological polar surface area (TPSA) is 46.4 Å². The summed E-state index contributed by atoms with van der Waals surface area (Å²) in [7, 11) is 0. The minimum atomic E-state index is -0.302. The van der Waals surface area contributed by atoms with Crippen LogP contribution in [0.5, 0.6) is 0 Å². The normalized spacial score (nSPS) is 12.5. The third-order valence-electron chi connectivity index (χ3n) is 3.55. The van der Waals surface area contributed by atoms with E-state index in [9.17, 15) is 9.18 Å². The molecule has 0 saturated heterocycles. The molecule has 1 N–H and O–H groups in total. The maximum atomic E-state index is 13.3. The standard InChI is InChI=1S/C16H16FN3OS/c1-3-10(2)18-15(21)14-9-22-16-19-13(8-20(14)16)11-5-4-6-12(17)7-11/h4-10H,3H2,1-2H3,(H,18,21)/t10-/m1/s1. The number of amides is 1. The van der Waals surface area contributed by atoms with Crippen LogP contribution in [0.25, 0.3) is 16.2 Å². The molecule has 6 heteroatoms. The number of nitrogens with one attached hydrogen (secondary N) is 1. The quantitative estimate of drug-likeness (QED) is 0.797. The Morgan fingerprint density at radius 1 is 1.50 bits per heavy atom. The van der Waals surface area contributed by atoms with Gasteiger partial charge in [0.25, 0.3) is 5.91 Å². The van der Waals surface area contributed by atoms with Crippen molar-refractivity contribution in [1.29, 1.82) is 0 Å². The van der Waals surface area contributed by atoms with Crippen molar-refractivity contribution in [2.24, 2.45) is 0 Å². The number of aromatic nitrogens is 2. The lowest BCUT2D eigenvalue weighted by Crippen LogP contribution is -2.32. The fourth-order valence-corrected chi connectivity index (χ4v) is 2.99. The zero-order valence-electron chi connectivity index (χ0n) is 12.3. The van der Waals surface area contributed by atoms with Gasteiger partial charge in [-0.2, -0.15) is 0 Å². The van der Waals surface area contributed by atoms with Crippen LogP contribution in [-0.2, 0) is 0 Å². The monoisotopic (exact) mass is 317 g/mol. The van der Waals surface area contributed by atoms with Gasteiger partial charge in [-0.1, -0.05) is 19.1 Å². The number of rotatable bonds is 4. The second-order valence-corrected chi connectivity index (χ2v) is 6.03. The van der Waals surface area contributed by atoms with E-state index in [1.54, 1.807) is 28.1 Å². The van der Waals surface area contributed by atoms with Crippen LogP contribution in [0.3, 0.4) is 0 Å². The average Bonchev–Trinajstić information content (AvgIpc) is 3.06. The van der Waals surface area contributed by atoms with Crippen molar-refractivity contribution in [3.63, 3.8) is 0 Å².